The van der Waals surface area contributed by atoms with Crippen molar-refractivity contribution in [2.75, 3.05) is 6.61 Å². The largest absolute Gasteiger partial charge is 0.477 e. The molecule has 0 aromatic carbocycles. The van der Waals surface area contributed by atoms with Gasteiger partial charge in [0.15, 0.2) is 0 Å². The topological polar surface area (TPSA) is 62.5 Å². The van der Waals surface area contributed by atoms with Gasteiger partial charge in [0.1, 0.15) is 5.69 Å². The lowest BCUT2D eigenvalue weighted by Crippen LogP contribution is -2.11. The lowest BCUT2D eigenvalue weighted by Gasteiger charge is -2.07. The molecular weight excluding hydrogens is 182 g/mol. The van der Waals surface area contributed by atoms with Crippen molar-refractivity contribution in [3.63, 3.8) is 0 Å². The van der Waals surface area contributed by atoms with Gasteiger partial charge >= 0.3 is 5.97 Å². The fourth-order valence-corrected chi connectivity index (χ4v) is 1.65. The molecule has 0 atom stereocenters. The highest BCUT2D eigenvalue weighted by molar-refractivity contribution is 5.87. The molecule has 0 saturated heterocycles. The van der Waals surface area contributed by atoms with Crippen LogP contribution in [0.5, 0.6) is 0 Å². The predicted molar refractivity (Wildman–Crippen MR) is 52.6 cm³/mol. The van der Waals surface area contributed by atoms with E-state index in [0.29, 0.717) is 18.7 Å². The number of rotatable bonds is 4. The monoisotopic (exact) mass is 197 g/mol. The van der Waals surface area contributed by atoms with Crippen LogP contribution >= 0.6 is 0 Å². The molecule has 0 amide bonds. The summed E-state index contributed by atoms with van der Waals surface area (Å²) in [4.78, 5) is 10.9. The highest BCUT2D eigenvalue weighted by Gasteiger charge is 2.15. The van der Waals surface area contributed by atoms with Gasteiger partial charge in [-0.2, -0.15) is 0 Å². The third kappa shape index (κ3) is 1.96. The van der Waals surface area contributed by atoms with Gasteiger partial charge in [-0.3, -0.25) is 0 Å². The van der Waals surface area contributed by atoms with Crippen LogP contribution in [-0.2, 0) is 6.54 Å². The molecule has 0 aliphatic rings. The van der Waals surface area contributed by atoms with Crippen LogP contribution in [0.2, 0.25) is 0 Å². The fourth-order valence-electron chi connectivity index (χ4n) is 1.65. The van der Waals surface area contributed by atoms with Gasteiger partial charge in [-0.25, -0.2) is 4.79 Å². The number of carboxylic acids is 1. The average molecular weight is 197 g/mol. The fraction of sp³-hybridized carbons (Fsp3) is 0.500. The number of aromatic carboxylic acids is 1. The van der Waals surface area contributed by atoms with Crippen LogP contribution in [0.3, 0.4) is 0 Å². The molecule has 0 fully saturated rings. The van der Waals surface area contributed by atoms with Crippen LogP contribution < -0.4 is 0 Å². The van der Waals surface area contributed by atoms with Crippen molar-refractivity contribution in [2.45, 2.75) is 26.8 Å². The minimum absolute atomic E-state index is 0.0791. The van der Waals surface area contributed by atoms with Gasteiger partial charge in [-0.15, -0.1) is 0 Å². The second kappa shape index (κ2) is 4.28. The summed E-state index contributed by atoms with van der Waals surface area (Å²) in [5.74, 6) is -0.909. The summed E-state index contributed by atoms with van der Waals surface area (Å²) in [6.45, 7) is 4.29. The summed E-state index contributed by atoms with van der Waals surface area (Å²) in [5.41, 5.74) is 2.03. The summed E-state index contributed by atoms with van der Waals surface area (Å²) in [5, 5.41) is 17.7. The van der Waals surface area contributed by atoms with Crippen LogP contribution in [0.15, 0.2) is 6.07 Å². The molecule has 0 bridgehead atoms. The van der Waals surface area contributed by atoms with Crippen molar-refractivity contribution in [2.24, 2.45) is 0 Å². The van der Waals surface area contributed by atoms with E-state index in [2.05, 4.69) is 0 Å². The zero-order chi connectivity index (χ0) is 10.7. The van der Waals surface area contributed by atoms with Crippen LogP contribution in [0.4, 0.5) is 0 Å². The van der Waals surface area contributed by atoms with E-state index in [1.807, 2.05) is 13.0 Å². The standard InChI is InChI=1S/C10H15NO3/c1-7-6-8(2)11(4-3-5-12)9(7)10(13)14/h6,12H,3-5H2,1-2H3,(H,13,14). The Morgan fingerprint density at radius 1 is 1.50 bits per heavy atom. The molecule has 0 radical (unpaired) electrons. The number of hydrogen-bond donors (Lipinski definition) is 2. The molecule has 0 aliphatic heterocycles. The third-order valence-corrected chi connectivity index (χ3v) is 2.24. The van der Waals surface area contributed by atoms with Crippen molar-refractivity contribution in [1.82, 2.24) is 4.57 Å². The maximum Gasteiger partial charge on any atom is 0.352 e. The van der Waals surface area contributed by atoms with Gasteiger partial charge in [-0.05, 0) is 31.9 Å². The van der Waals surface area contributed by atoms with Gasteiger partial charge in [-0.1, -0.05) is 0 Å². The van der Waals surface area contributed by atoms with E-state index in [4.69, 9.17) is 10.2 Å². The summed E-state index contributed by atoms with van der Waals surface area (Å²) in [6, 6.07) is 1.85. The van der Waals surface area contributed by atoms with Gasteiger partial charge in [0.05, 0.1) is 0 Å². The van der Waals surface area contributed by atoms with Gasteiger partial charge in [0.2, 0.25) is 0 Å². The van der Waals surface area contributed by atoms with Crippen LogP contribution in [0.25, 0.3) is 0 Å². The van der Waals surface area contributed by atoms with Gasteiger partial charge in [0, 0.05) is 18.8 Å². The molecule has 0 aliphatic carbocycles. The molecule has 78 valence electrons. The van der Waals surface area contributed by atoms with E-state index in [1.54, 1.807) is 11.5 Å². The van der Waals surface area contributed by atoms with Crippen LogP contribution in [-0.4, -0.2) is 27.4 Å². The summed E-state index contributed by atoms with van der Waals surface area (Å²) in [7, 11) is 0. The van der Waals surface area contributed by atoms with Crippen molar-refractivity contribution >= 4 is 5.97 Å². The number of aliphatic hydroxyl groups is 1. The first-order valence-corrected chi connectivity index (χ1v) is 4.58. The average Bonchev–Trinajstić information content (AvgIpc) is 2.37. The first-order valence-electron chi connectivity index (χ1n) is 4.58. The number of aliphatic hydroxyl groups excluding tert-OH is 1. The Balaban J connectivity index is 3.05. The predicted octanol–water partition coefficient (Wildman–Crippen LogP) is 1.19. The zero-order valence-electron chi connectivity index (χ0n) is 8.45. The van der Waals surface area contributed by atoms with E-state index in [1.165, 1.54) is 0 Å². The lowest BCUT2D eigenvalue weighted by molar-refractivity contribution is 0.0683. The second-order valence-corrected chi connectivity index (χ2v) is 3.35. The Morgan fingerprint density at radius 3 is 2.64 bits per heavy atom. The van der Waals surface area contributed by atoms with Crippen molar-refractivity contribution in [3.8, 4) is 0 Å². The molecule has 1 rings (SSSR count). The van der Waals surface area contributed by atoms with Gasteiger partial charge < -0.3 is 14.8 Å². The molecule has 1 aromatic heterocycles. The molecule has 2 N–H and O–H groups in total. The molecule has 0 saturated carbocycles. The summed E-state index contributed by atoms with van der Waals surface area (Å²) >= 11 is 0. The van der Waals surface area contributed by atoms with Crippen molar-refractivity contribution < 1.29 is 15.0 Å². The number of aryl methyl sites for hydroxylation is 2. The van der Waals surface area contributed by atoms with Crippen molar-refractivity contribution in [1.29, 1.82) is 0 Å². The summed E-state index contributed by atoms with van der Waals surface area (Å²) < 4.78 is 1.73. The summed E-state index contributed by atoms with van der Waals surface area (Å²) in [6.07, 6.45) is 0.579. The van der Waals surface area contributed by atoms with E-state index in [-0.39, 0.29) is 6.61 Å². The first kappa shape index (κ1) is 10.8. The number of hydrogen-bond acceptors (Lipinski definition) is 2. The number of aromatic nitrogens is 1. The first-order chi connectivity index (χ1) is 6.57. The molecule has 0 unspecified atom stereocenters. The molecule has 1 aromatic rings. The van der Waals surface area contributed by atoms with E-state index in [9.17, 15) is 4.79 Å². The molecule has 4 heteroatoms. The highest BCUT2D eigenvalue weighted by Crippen LogP contribution is 2.15. The van der Waals surface area contributed by atoms with E-state index < -0.39 is 5.97 Å². The molecule has 0 spiro atoms. The van der Waals surface area contributed by atoms with E-state index in [0.717, 1.165) is 11.3 Å². The maximum atomic E-state index is 10.9. The van der Waals surface area contributed by atoms with Crippen molar-refractivity contribution in [3.05, 3.63) is 23.0 Å². The smallest absolute Gasteiger partial charge is 0.352 e. The number of carboxylic acid groups (broad SMARTS) is 1. The highest BCUT2D eigenvalue weighted by atomic mass is 16.4. The number of nitrogens with zero attached hydrogens (tertiary/aromatic N) is 1. The van der Waals surface area contributed by atoms with Crippen LogP contribution in [0.1, 0.15) is 28.2 Å². The second-order valence-electron chi connectivity index (χ2n) is 3.35. The Kier molecular flexibility index (Phi) is 3.30. The SMILES string of the molecule is Cc1cc(C)n(CCCO)c1C(=O)O. The lowest BCUT2D eigenvalue weighted by atomic mass is 10.2. The molecule has 1 heterocycles. The Morgan fingerprint density at radius 2 is 2.14 bits per heavy atom. The molecular formula is C10H15NO3. The Hall–Kier alpha value is -1.29. The minimum Gasteiger partial charge on any atom is -0.477 e. The minimum atomic E-state index is -0.909. The maximum absolute atomic E-state index is 10.9. The van der Waals surface area contributed by atoms with Crippen LogP contribution in [0, 0.1) is 13.8 Å². The molecule has 4 nitrogen and oxygen atoms in total. The quantitative estimate of drug-likeness (QED) is 0.762. The Bertz CT molecular complexity index is 341. The number of carbonyl (C=O) groups is 1. The van der Waals surface area contributed by atoms with Gasteiger partial charge in [0.25, 0.3) is 0 Å². The normalized spacial score (nSPS) is 10.5. The zero-order valence-corrected chi connectivity index (χ0v) is 8.45. The molecule has 14 heavy (non-hydrogen) atoms. The van der Waals surface area contributed by atoms with E-state index >= 15 is 0 Å². The Labute approximate surface area is 82.8 Å². The third-order valence-electron chi connectivity index (χ3n) is 2.24.